The Morgan fingerprint density at radius 1 is 1.05 bits per heavy atom. The third kappa shape index (κ3) is 3.35. The maximum Gasteiger partial charge on any atom is 0.141 e. The van der Waals surface area contributed by atoms with Gasteiger partial charge < -0.3 is 9.47 Å². The van der Waals surface area contributed by atoms with Crippen molar-refractivity contribution in [1.82, 2.24) is 0 Å². The smallest absolute Gasteiger partial charge is 0.141 e. The van der Waals surface area contributed by atoms with Crippen molar-refractivity contribution in [2.45, 2.75) is 5.38 Å². The molecule has 21 heavy (non-hydrogen) atoms. The number of hydrogen-bond donors (Lipinski definition) is 0. The zero-order chi connectivity index (χ0) is 15.6. The van der Waals surface area contributed by atoms with Crippen LogP contribution in [0.5, 0.6) is 11.5 Å². The molecule has 0 aromatic heterocycles. The van der Waals surface area contributed by atoms with Crippen molar-refractivity contribution in [3.63, 3.8) is 0 Å². The highest BCUT2D eigenvalue weighted by Crippen LogP contribution is 2.44. The van der Waals surface area contributed by atoms with Gasteiger partial charge in [-0.05, 0) is 46.3 Å². The second-order valence-electron chi connectivity index (χ2n) is 4.23. The molecule has 6 heteroatoms. The van der Waals surface area contributed by atoms with Crippen LogP contribution >= 0.6 is 43.5 Å². The number of alkyl halides is 1. The van der Waals surface area contributed by atoms with Crippen molar-refractivity contribution in [1.29, 1.82) is 0 Å². The molecule has 0 fully saturated rings. The lowest BCUT2D eigenvalue weighted by molar-refractivity contribution is 0.386. The quantitative estimate of drug-likeness (QED) is 0.571. The molecule has 0 bridgehead atoms. The normalized spacial score (nSPS) is 12.1. The largest absolute Gasteiger partial charge is 0.495 e. The summed E-state index contributed by atoms with van der Waals surface area (Å²) >= 11 is 13.2. The van der Waals surface area contributed by atoms with E-state index in [0.29, 0.717) is 27.1 Å². The molecule has 0 aliphatic rings. The van der Waals surface area contributed by atoms with Crippen LogP contribution in [0.4, 0.5) is 4.39 Å². The second-order valence-corrected chi connectivity index (χ2v) is 6.38. The highest BCUT2D eigenvalue weighted by Gasteiger charge is 2.22. The fourth-order valence-electron chi connectivity index (χ4n) is 1.99. The summed E-state index contributed by atoms with van der Waals surface area (Å²) < 4.78 is 26.0. The first kappa shape index (κ1) is 16.6. The van der Waals surface area contributed by atoms with Gasteiger partial charge in [0.25, 0.3) is 0 Å². The van der Waals surface area contributed by atoms with E-state index in [-0.39, 0.29) is 5.82 Å². The van der Waals surface area contributed by atoms with Crippen molar-refractivity contribution in [3.05, 3.63) is 56.2 Å². The van der Waals surface area contributed by atoms with Crippen LogP contribution in [0.25, 0.3) is 0 Å². The number of benzene rings is 2. The zero-order valence-corrected chi connectivity index (χ0v) is 15.2. The summed E-state index contributed by atoms with van der Waals surface area (Å²) in [7, 11) is 3.09. The molecule has 0 radical (unpaired) electrons. The average Bonchev–Trinajstić information content (AvgIpc) is 2.48. The molecule has 0 amide bonds. The first-order chi connectivity index (χ1) is 9.99. The number of methoxy groups -OCH3 is 2. The van der Waals surface area contributed by atoms with E-state index in [1.807, 2.05) is 0 Å². The van der Waals surface area contributed by atoms with Crippen molar-refractivity contribution in [2.24, 2.45) is 0 Å². The molecular formula is C15H12Br2ClFO2. The monoisotopic (exact) mass is 436 g/mol. The molecule has 2 aromatic rings. The van der Waals surface area contributed by atoms with Crippen molar-refractivity contribution >= 4 is 43.5 Å². The van der Waals surface area contributed by atoms with Crippen LogP contribution in [0, 0.1) is 5.82 Å². The Morgan fingerprint density at radius 2 is 1.76 bits per heavy atom. The van der Waals surface area contributed by atoms with Gasteiger partial charge in [-0.15, -0.1) is 11.6 Å². The lowest BCUT2D eigenvalue weighted by Crippen LogP contribution is -2.01. The SMILES string of the molecule is COc1ccc(C(Cl)c2cc(Br)ccc2F)c(OC)c1Br. The molecule has 2 aromatic carbocycles. The van der Waals surface area contributed by atoms with Crippen molar-refractivity contribution in [2.75, 3.05) is 14.2 Å². The maximum atomic E-state index is 14.0. The third-order valence-corrected chi connectivity index (χ3v) is 4.73. The Bertz CT molecular complexity index is 664. The van der Waals surface area contributed by atoms with E-state index in [1.165, 1.54) is 13.2 Å². The van der Waals surface area contributed by atoms with E-state index >= 15 is 0 Å². The van der Waals surface area contributed by atoms with Crippen LogP contribution < -0.4 is 9.47 Å². The first-order valence-corrected chi connectivity index (χ1v) is 8.01. The maximum absolute atomic E-state index is 14.0. The summed E-state index contributed by atoms with van der Waals surface area (Å²) in [6.45, 7) is 0. The van der Waals surface area contributed by atoms with Gasteiger partial charge >= 0.3 is 0 Å². The molecule has 0 spiro atoms. The molecule has 112 valence electrons. The molecule has 1 unspecified atom stereocenters. The fraction of sp³-hybridized carbons (Fsp3) is 0.200. The van der Waals surface area contributed by atoms with E-state index in [4.69, 9.17) is 21.1 Å². The molecule has 0 aliphatic carbocycles. The van der Waals surface area contributed by atoms with E-state index < -0.39 is 5.38 Å². The highest BCUT2D eigenvalue weighted by molar-refractivity contribution is 9.11. The molecule has 0 saturated heterocycles. The molecule has 0 N–H and O–H groups in total. The summed E-state index contributed by atoms with van der Waals surface area (Å²) in [6.07, 6.45) is 0. The summed E-state index contributed by atoms with van der Waals surface area (Å²) in [6, 6.07) is 8.18. The Labute approximate surface area is 144 Å². The molecule has 0 heterocycles. The van der Waals surface area contributed by atoms with Crippen molar-refractivity contribution < 1.29 is 13.9 Å². The van der Waals surface area contributed by atoms with Crippen LogP contribution in [0.1, 0.15) is 16.5 Å². The summed E-state index contributed by atoms with van der Waals surface area (Å²) in [4.78, 5) is 0. The lowest BCUT2D eigenvalue weighted by atomic mass is 10.0. The van der Waals surface area contributed by atoms with E-state index in [1.54, 1.807) is 31.4 Å². The van der Waals surface area contributed by atoms with Gasteiger partial charge in [0.15, 0.2) is 0 Å². The minimum Gasteiger partial charge on any atom is -0.495 e. The number of ether oxygens (including phenoxy) is 2. The molecule has 1 atom stereocenters. The van der Waals surface area contributed by atoms with Crippen LogP contribution in [0.2, 0.25) is 0 Å². The topological polar surface area (TPSA) is 18.5 Å². The van der Waals surface area contributed by atoms with Gasteiger partial charge in [-0.2, -0.15) is 0 Å². The predicted molar refractivity (Wildman–Crippen MR) is 89.0 cm³/mol. The number of hydrogen-bond acceptors (Lipinski definition) is 2. The van der Waals surface area contributed by atoms with Crippen molar-refractivity contribution in [3.8, 4) is 11.5 Å². The van der Waals surface area contributed by atoms with Gasteiger partial charge in [-0.25, -0.2) is 4.39 Å². The Kier molecular flexibility index (Phi) is 5.52. The summed E-state index contributed by atoms with van der Waals surface area (Å²) in [5.74, 6) is 0.773. The van der Waals surface area contributed by atoms with Crippen LogP contribution in [-0.4, -0.2) is 14.2 Å². The molecule has 0 saturated carbocycles. The van der Waals surface area contributed by atoms with Gasteiger partial charge in [0.05, 0.1) is 19.6 Å². The van der Waals surface area contributed by atoms with Crippen LogP contribution in [0.3, 0.4) is 0 Å². The summed E-state index contributed by atoms with van der Waals surface area (Å²) in [5, 5.41) is -0.681. The zero-order valence-electron chi connectivity index (χ0n) is 11.3. The third-order valence-electron chi connectivity index (χ3n) is 3.02. The van der Waals surface area contributed by atoms with Gasteiger partial charge in [-0.1, -0.05) is 15.9 Å². The van der Waals surface area contributed by atoms with E-state index in [9.17, 15) is 4.39 Å². The lowest BCUT2D eigenvalue weighted by Gasteiger charge is -2.18. The van der Waals surface area contributed by atoms with E-state index in [0.717, 1.165) is 4.47 Å². The van der Waals surface area contributed by atoms with E-state index in [2.05, 4.69) is 31.9 Å². The Hall–Kier alpha value is -0.780. The van der Waals surface area contributed by atoms with Crippen LogP contribution in [0.15, 0.2) is 39.3 Å². The molecule has 2 rings (SSSR count). The predicted octanol–water partition coefficient (Wildman–Crippen LogP) is 5.70. The van der Waals surface area contributed by atoms with Gasteiger partial charge in [0.2, 0.25) is 0 Å². The second kappa shape index (κ2) is 6.99. The standard InChI is InChI=1S/C15H12Br2ClFO2/c1-20-12-6-4-9(15(21-2)13(12)17)14(18)10-7-8(16)3-5-11(10)19/h3-7,14H,1-2H3. The number of halogens is 4. The highest BCUT2D eigenvalue weighted by atomic mass is 79.9. The van der Waals surface area contributed by atoms with Gasteiger partial charge in [-0.3, -0.25) is 0 Å². The molecular weight excluding hydrogens is 426 g/mol. The first-order valence-electron chi connectivity index (χ1n) is 5.99. The van der Waals surface area contributed by atoms with Gasteiger partial charge in [0.1, 0.15) is 21.8 Å². The molecule has 0 aliphatic heterocycles. The van der Waals surface area contributed by atoms with Crippen LogP contribution in [-0.2, 0) is 0 Å². The Morgan fingerprint density at radius 3 is 2.38 bits per heavy atom. The minimum atomic E-state index is -0.681. The average molecular weight is 439 g/mol. The summed E-state index contributed by atoms with van der Waals surface area (Å²) in [5.41, 5.74) is 1.03. The Balaban J connectivity index is 2.55. The van der Waals surface area contributed by atoms with Gasteiger partial charge in [0, 0.05) is 15.6 Å². The fourth-order valence-corrected chi connectivity index (χ4v) is 3.40. The minimum absolute atomic E-state index is 0.368. The number of rotatable bonds is 4. The molecule has 2 nitrogen and oxygen atoms in total.